The number of nitrogens with one attached hydrogen (secondary N) is 1. The Morgan fingerprint density at radius 3 is 2.78 bits per heavy atom. The molecule has 1 atom stereocenters. The van der Waals surface area contributed by atoms with Gasteiger partial charge in [0, 0.05) is 0 Å². The lowest BCUT2D eigenvalue weighted by Crippen LogP contribution is -2.41. The molecule has 0 saturated carbocycles. The van der Waals surface area contributed by atoms with Gasteiger partial charge in [-0.3, -0.25) is 4.79 Å². The molecule has 1 aromatic rings. The van der Waals surface area contributed by atoms with Gasteiger partial charge in [-0.1, -0.05) is 18.2 Å². The van der Waals surface area contributed by atoms with Crippen LogP contribution in [0.15, 0.2) is 36.9 Å². The van der Waals surface area contributed by atoms with E-state index in [1.807, 2.05) is 0 Å². The number of amides is 1. The third-order valence-corrected chi connectivity index (χ3v) is 2.29. The summed E-state index contributed by atoms with van der Waals surface area (Å²) in [5, 5.41) is 11.2. The number of carbonyl (C=O) groups excluding carboxylic acids is 1. The van der Waals surface area contributed by atoms with Gasteiger partial charge in [-0.15, -0.1) is 6.58 Å². The molecule has 96 valence electrons. The van der Waals surface area contributed by atoms with Crippen molar-refractivity contribution in [3.05, 3.63) is 48.3 Å². The number of hydrogen-bond donors (Lipinski definition) is 2. The molecule has 0 heterocycles. The fraction of sp³-hybridized carbons (Fsp3) is 0.231. The van der Waals surface area contributed by atoms with Crippen LogP contribution < -0.4 is 5.32 Å². The van der Waals surface area contributed by atoms with E-state index in [4.69, 9.17) is 5.11 Å². The molecule has 0 aliphatic rings. The van der Waals surface area contributed by atoms with E-state index in [0.29, 0.717) is 5.56 Å². The average molecular weight is 251 g/mol. The van der Waals surface area contributed by atoms with Gasteiger partial charge in [0.15, 0.2) is 0 Å². The highest BCUT2D eigenvalue weighted by atomic mass is 19.1. The minimum atomic E-state index is -1.12. The highest BCUT2D eigenvalue weighted by Gasteiger charge is 2.18. The molecule has 18 heavy (non-hydrogen) atoms. The summed E-state index contributed by atoms with van der Waals surface area (Å²) in [6.07, 6.45) is 1.50. The van der Waals surface area contributed by atoms with Gasteiger partial charge in [0.2, 0.25) is 5.91 Å². The first-order chi connectivity index (χ1) is 8.52. The highest BCUT2D eigenvalue weighted by molar-refractivity contribution is 5.84. The van der Waals surface area contributed by atoms with Crippen molar-refractivity contribution in [1.29, 1.82) is 0 Å². The summed E-state index contributed by atoms with van der Waals surface area (Å²) in [5.41, 5.74) is 0.496. The van der Waals surface area contributed by atoms with Gasteiger partial charge in [-0.05, 0) is 24.1 Å². The quantitative estimate of drug-likeness (QED) is 0.753. The van der Waals surface area contributed by atoms with E-state index in [-0.39, 0.29) is 12.8 Å². The monoisotopic (exact) mass is 251 g/mol. The number of aliphatic carboxylic acids is 1. The summed E-state index contributed by atoms with van der Waals surface area (Å²) in [5.74, 6) is -2.02. The van der Waals surface area contributed by atoms with Gasteiger partial charge in [0.05, 0.1) is 6.42 Å². The Kier molecular flexibility index (Phi) is 5.05. The Morgan fingerprint density at radius 2 is 2.22 bits per heavy atom. The molecule has 1 rings (SSSR count). The summed E-state index contributed by atoms with van der Waals surface area (Å²) in [6, 6.07) is 4.62. The largest absolute Gasteiger partial charge is 0.480 e. The fourth-order valence-electron chi connectivity index (χ4n) is 1.47. The Bertz CT molecular complexity index is 459. The second-order valence-electron chi connectivity index (χ2n) is 3.79. The minimum Gasteiger partial charge on any atom is -0.480 e. The number of carboxylic acids is 1. The van der Waals surface area contributed by atoms with Gasteiger partial charge < -0.3 is 10.4 Å². The molecular formula is C13H14FNO3. The SMILES string of the molecule is C=CC[C@H](NC(=O)Cc1cccc(F)c1)C(=O)O. The van der Waals surface area contributed by atoms with E-state index < -0.39 is 23.7 Å². The summed E-state index contributed by atoms with van der Waals surface area (Å²) in [4.78, 5) is 22.4. The Balaban J connectivity index is 2.60. The molecule has 0 aliphatic carbocycles. The van der Waals surface area contributed by atoms with Crippen LogP contribution in [-0.4, -0.2) is 23.0 Å². The smallest absolute Gasteiger partial charge is 0.326 e. The predicted octanol–water partition coefficient (Wildman–Crippen LogP) is 1.51. The number of carboxylic acid groups (broad SMARTS) is 1. The Hall–Kier alpha value is -2.17. The lowest BCUT2D eigenvalue weighted by molar-refractivity contribution is -0.141. The normalized spacial score (nSPS) is 11.6. The zero-order valence-corrected chi connectivity index (χ0v) is 9.73. The summed E-state index contributed by atoms with van der Waals surface area (Å²) in [7, 11) is 0. The molecular weight excluding hydrogens is 237 g/mol. The zero-order chi connectivity index (χ0) is 13.5. The molecule has 0 aromatic heterocycles. The molecule has 2 N–H and O–H groups in total. The molecule has 0 radical (unpaired) electrons. The van der Waals surface area contributed by atoms with Gasteiger partial charge >= 0.3 is 5.97 Å². The lowest BCUT2D eigenvalue weighted by Gasteiger charge is -2.12. The first-order valence-electron chi connectivity index (χ1n) is 5.40. The third kappa shape index (κ3) is 4.37. The molecule has 1 amide bonds. The average Bonchev–Trinajstić information content (AvgIpc) is 2.28. The van der Waals surface area contributed by atoms with Gasteiger partial charge in [0.25, 0.3) is 0 Å². The van der Waals surface area contributed by atoms with E-state index in [2.05, 4.69) is 11.9 Å². The highest BCUT2D eigenvalue weighted by Crippen LogP contribution is 2.04. The van der Waals surface area contributed by atoms with E-state index in [0.717, 1.165) is 0 Å². The number of carbonyl (C=O) groups is 2. The molecule has 0 spiro atoms. The van der Waals surface area contributed by atoms with Crippen LogP contribution in [0, 0.1) is 5.82 Å². The van der Waals surface area contributed by atoms with Crippen LogP contribution in [0.5, 0.6) is 0 Å². The number of benzene rings is 1. The van der Waals surface area contributed by atoms with E-state index >= 15 is 0 Å². The summed E-state index contributed by atoms with van der Waals surface area (Å²) < 4.78 is 12.9. The summed E-state index contributed by atoms with van der Waals surface area (Å²) in [6.45, 7) is 3.42. The lowest BCUT2D eigenvalue weighted by atomic mass is 10.1. The third-order valence-electron chi connectivity index (χ3n) is 2.29. The maximum atomic E-state index is 12.9. The predicted molar refractivity (Wildman–Crippen MR) is 64.5 cm³/mol. The maximum absolute atomic E-state index is 12.9. The van der Waals surface area contributed by atoms with Crippen LogP contribution in [-0.2, 0) is 16.0 Å². The van der Waals surface area contributed by atoms with Crippen LogP contribution in [0.25, 0.3) is 0 Å². The second kappa shape index (κ2) is 6.54. The van der Waals surface area contributed by atoms with Crippen molar-refractivity contribution in [2.24, 2.45) is 0 Å². The molecule has 0 aliphatic heterocycles. The van der Waals surface area contributed by atoms with Crippen LogP contribution in [0.2, 0.25) is 0 Å². The molecule has 1 aromatic carbocycles. The van der Waals surface area contributed by atoms with Gasteiger partial charge in [-0.25, -0.2) is 9.18 Å². The standard InChI is InChI=1S/C13H14FNO3/c1-2-4-11(13(17)18)15-12(16)8-9-5-3-6-10(14)7-9/h2-3,5-7,11H,1,4,8H2,(H,15,16)(H,17,18)/t11-/m0/s1. The van der Waals surface area contributed by atoms with Crippen molar-refractivity contribution in [3.63, 3.8) is 0 Å². The van der Waals surface area contributed by atoms with Crippen LogP contribution >= 0.6 is 0 Å². The van der Waals surface area contributed by atoms with Gasteiger partial charge in [-0.2, -0.15) is 0 Å². The van der Waals surface area contributed by atoms with E-state index in [1.54, 1.807) is 6.07 Å². The first kappa shape index (κ1) is 13.9. The number of rotatable bonds is 6. The van der Waals surface area contributed by atoms with Crippen molar-refractivity contribution in [3.8, 4) is 0 Å². The maximum Gasteiger partial charge on any atom is 0.326 e. The Labute approximate surface area is 104 Å². The fourth-order valence-corrected chi connectivity index (χ4v) is 1.47. The number of halogens is 1. The first-order valence-corrected chi connectivity index (χ1v) is 5.40. The van der Waals surface area contributed by atoms with Crippen molar-refractivity contribution < 1.29 is 19.1 Å². The molecule has 4 nitrogen and oxygen atoms in total. The van der Waals surface area contributed by atoms with Gasteiger partial charge in [0.1, 0.15) is 11.9 Å². The van der Waals surface area contributed by atoms with E-state index in [9.17, 15) is 14.0 Å². The summed E-state index contributed by atoms with van der Waals surface area (Å²) >= 11 is 0. The van der Waals surface area contributed by atoms with Crippen molar-refractivity contribution in [2.45, 2.75) is 18.9 Å². The number of hydrogen-bond acceptors (Lipinski definition) is 2. The molecule has 5 heteroatoms. The van der Waals surface area contributed by atoms with Crippen LogP contribution in [0.4, 0.5) is 4.39 Å². The molecule has 0 unspecified atom stereocenters. The molecule has 0 saturated heterocycles. The van der Waals surface area contributed by atoms with Crippen molar-refractivity contribution in [2.75, 3.05) is 0 Å². The molecule has 0 fully saturated rings. The molecule has 0 bridgehead atoms. The van der Waals surface area contributed by atoms with Crippen LogP contribution in [0.3, 0.4) is 0 Å². The van der Waals surface area contributed by atoms with Crippen molar-refractivity contribution >= 4 is 11.9 Å². The minimum absolute atomic E-state index is 0.0569. The zero-order valence-electron chi connectivity index (χ0n) is 9.73. The van der Waals surface area contributed by atoms with Crippen molar-refractivity contribution in [1.82, 2.24) is 5.32 Å². The topological polar surface area (TPSA) is 66.4 Å². The van der Waals surface area contributed by atoms with E-state index in [1.165, 1.54) is 24.3 Å². The van der Waals surface area contributed by atoms with Crippen LogP contribution in [0.1, 0.15) is 12.0 Å². The Morgan fingerprint density at radius 1 is 1.50 bits per heavy atom. The second-order valence-corrected chi connectivity index (χ2v) is 3.79.